The summed E-state index contributed by atoms with van der Waals surface area (Å²) in [6.45, 7) is 3.42. The zero-order valence-electron chi connectivity index (χ0n) is 15.5. The van der Waals surface area contributed by atoms with Gasteiger partial charge in [-0.25, -0.2) is 0 Å². The molecule has 1 fully saturated rings. The van der Waals surface area contributed by atoms with Crippen LogP contribution in [0.15, 0.2) is 42.6 Å². The molecule has 9 heteroatoms. The number of morpholine rings is 1. The molecule has 1 aliphatic heterocycles. The lowest BCUT2D eigenvalue weighted by atomic mass is 10.2. The number of carbonyl (C=O) groups is 1. The number of anilines is 1. The minimum Gasteiger partial charge on any atom is -0.497 e. The Hall–Kier alpha value is -2.91. The Labute approximate surface area is 166 Å². The predicted octanol–water partition coefficient (Wildman–Crippen LogP) is 2.10. The number of benzene rings is 1. The van der Waals surface area contributed by atoms with Crippen LogP contribution >= 0.6 is 11.3 Å². The van der Waals surface area contributed by atoms with Crippen molar-refractivity contribution in [2.24, 2.45) is 0 Å². The second-order valence-electron chi connectivity index (χ2n) is 6.26. The first-order valence-corrected chi connectivity index (χ1v) is 9.81. The molecule has 0 bridgehead atoms. The van der Waals surface area contributed by atoms with Gasteiger partial charge in [-0.1, -0.05) is 23.5 Å². The van der Waals surface area contributed by atoms with E-state index in [4.69, 9.17) is 9.47 Å². The maximum absolute atomic E-state index is 12.7. The number of methoxy groups -OCH3 is 1. The highest BCUT2D eigenvalue weighted by molar-refractivity contribution is 7.17. The van der Waals surface area contributed by atoms with E-state index < -0.39 is 0 Å². The van der Waals surface area contributed by atoms with E-state index in [9.17, 15) is 4.79 Å². The molecule has 146 valence electrons. The predicted molar refractivity (Wildman–Crippen MR) is 106 cm³/mol. The molecule has 1 N–H and O–H groups in total. The molecular formula is C19H21N5O3S. The van der Waals surface area contributed by atoms with Crippen LogP contribution in [0.3, 0.4) is 0 Å². The Bertz CT molecular complexity index is 931. The number of hydrogen-bond donors (Lipinski definition) is 1. The van der Waals surface area contributed by atoms with Gasteiger partial charge in [-0.05, 0) is 29.8 Å². The van der Waals surface area contributed by atoms with Crippen LogP contribution in [0.25, 0.3) is 5.13 Å². The van der Waals surface area contributed by atoms with E-state index in [1.54, 1.807) is 17.7 Å². The number of ether oxygens (including phenoxy) is 2. The molecule has 1 amide bonds. The van der Waals surface area contributed by atoms with Crippen LogP contribution in [0.1, 0.15) is 16.1 Å². The normalized spacial score (nSPS) is 14.1. The zero-order valence-corrected chi connectivity index (χ0v) is 16.3. The van der Waals surface area contributed by atoms with Gasteiger partial charge in [0.25, 0.3) is 5.91 Å². The van der Waals surface area contributed by atoms with E-state index in [1.165, 1.54) is 11.3 Å². The van der Waals surface area contributed by atoms with Crippen molar-refractivity contribution in [1.29, 1.82) is 0 Å². The number of rotatable bonds is 6. The SMILES string of the molecule is COc1ccc(CNC(=O)c2cccn2-c2nnc(N3CCOCC3)s2)cc1. The summed E-state index contributed by atoms with van der Waals surface area (Å²) < 4.78 is 12.3. The lowest BCUT2D eigenvalue weighted by Gasteiger charge is -2.25. The molecule has 0 spiro atoms. The van der Waals surface area contributed by atoms with Crippen molar-refractivity contribution in [3.63, 3.8) is 0 Å². The second-order valence-corrected chi connectivity index (χ2v) is 7.20. The van der Waals surface area contributed by atoms with E-state index in [0.717, 1.165) is 29.5 Å². The van der Waals surface area contributed by atoms with Gasteiger partial charge >= 0.3 is 0 Å². The summed E-state index contributed by atoms with van der Waals surface area (Å²) in [6.07, 6.45) is 1.83. The van der Waals surface area contributed by atoms with Gasteiger partial charge in [0, 0.05) is 25.8 Å². The van der Waals surface area contributed by atoms with E-state index >= 15 is 0 Å². The van der Waals surface area contributed by atoms with E-state index in [2.05, 4.69) is 20.4 Å². The van der Waals surface area contributed by atoms with Crippen LogP contribution in [-0.4, -0.2) is 54.1 Å². The van der Waals surface area contributed by atoms with Gasteiger partial charge in [0.05, 0.1) is 20.3 Å². The number of amides is 1. The average molecular weight is 399 g/mol. The number of hydrogen-bond acceptors (Lipinski definition) is 7. The summed E-state index contributed by atoms with van der Waals surface area (Å²) in [5.74, 6) is 0.625. The summed E-state index contributed by atoms with van der Waals surface area (Å²) in [6, 6.07) is 11.2. The van der Waals surface area contributed by atoms with Crippen LogP contribution in [0.4, 0.5) is 5.13 Å². The van der Waals surface area contributed by atoms with Gasteiger partial charge in [-0.15, -0.1) is 10.2 Å². The highest BCUT2D eigenvalue weighted by Gasteiger charge is 2.19. The molecule has 8 nitrogen and oxygen atoms in total. The summed E-state index contributed by atoms with van der Waals surface area (Å²) >= 11 is 1.46. The van der Waals surface area contributed by atoms with Crippen molar-refractivity contribution < 1.29 is 14.3 Å². The van der Waals surface area contributed by atoms with Crippen LogP contribution in [0.5, 0.6) is 5.75 Å². The Morgan fingerprint density at radius 1 is 1.18 bits per heavy atom. The lowest BCUT2D eigenvalue weighted by molar-refractivity contribution is 0.0944. The van der Waals surface area contributed by atoms with E-state index in [0.29, 0.717) is 30.6 Å². The van der Waals surface area contributed by atoms with Gasteiger partial charge in [-0.2, -0.15) is 0 Å². The first-order chi connectivity index (χ1) is 13.7. The molecular weight excluding hydrogens is 378 g/mol. The standard InChI is InChI=1S/C19H21N5O3S/c1-26-15-6-4-14(5-7-15)13-20-17(25)16-3-2-8-24(16)19-22-21-18(28-19)23-9-11-27-12-10-23/h2-8H,9-13H2,1H3,(H,20,25). The Kier molecular flexibility index (Phi) is 5.54. The van der Waals surface area contributed by atoms with Crippen molar-refractivity contribution in [3.05, 3.63) is 53.9 Å². The molecule has 0 atom stereocenters. The molecule has 4 rings (SSSR count). The molecule has 0 unspecified atom stereocenters. The topological polar surface area (TPSA) is 81.5 Å². The van der Waals surface area contributed by atoms with E-state index in [-0.39, 0.29) is 5.91 Å². The fourth-order valence-electron chi connectivity index (χ4n) is 2.94. The molecule has 1 aromatic carbocycles. The molecule has 0 radical (unpaired) electrons. The maximum atomic E-state index is 12.7. The molecule has 0 saturated carbocycles. The molecule has 1 aliphatic rings. The van der Waals surface area contributed by atoms with Gasteiger partial charge in [0.2, 0.25) is 10.3 Å². The van der Waals surface area contributed by atoms with Crippen LogP contribution in [0, 0.1) is 0 Å². The fourth-order valence-corrected chi connectivity index (χ4v) is 3.83. The van der Waals surface area contributed by atoms with Gasteiger partial charge in [-0.3, -0.25) is 9.36 Å². The number of carbonyl (C=O) groups excluding carboxylic acids is 1. The smallest absolute Gasteiger partial charge is 0.268 e. The monoisotopic (exact) mass is 399 g/mol. The van der Waals surface area contributed by atoms with Gasteiger partial charge < -0.3 is 19.7 Å². The van der Waals surface area contributed by atoms with Crippen molar-refractivity contribution in [2.45, 2.75) is 6.54 Å². The lowest BCUT2D eigenvalue weighted by Crippen LogP contribution is -2.36. The molecule has 2 aromatic heterocycles. The molecule has 3 heterocycles. The van der Waals surface area contributed by atoms with Crippen LogP contribution < -0.4 is 15.0 Å². The minimum absolute atomic E-state index is 0.163. The highest BCUT2D eigenvalue weighted by Crippen LogP contribution is 2.25. The second kappa shape index (κ2) is 8.41. The third-order valence-electron chi connectivity index (χ3n) is 4.48. The average Bonchev–Trinajstić information content (AvgIpc) is 3.42. The summed E-state index contributed by atoms with van der Waals surface area (Å²) in [4.78, 5) is 14.8. The van der Waals surface area contributed by atoms with Crippen LogP contribution in [0.2, 0.25) is 0 Å². The number of nitrogens with zero attached hydrogens (tertiary/aromatic N) is 4. The van der Waals surface area contributed by atoms with Crippen molar-refractivity contribution >= 4 is 22.4 Å². The minimum atomic E-state index is -0.163. The first-order valence-electron chi connectivity index (χ1n) is 8.99. The Morgan fingerprint density at radius 3 is 2.68 bits per heavy atom. The zero-order chi connectivity index (χ0) is 19.3. The molecule has 0 aliphatic carbocycles. The van der Waals surface area contributed by atoms with Crippen molar-refractivity contribution in [1.82, 2.24) is 20.1 Å². The molecule has 3 aromatic rings. The third-order valence-corrected chi connectivity index (χ3v) is 5.47. The van der Waals surface area contributed by atoms with Crippen LogP contribution in [-0.2, 0) is 11.3 Å². The maximum Gasteiger partial charge on any atom is 0.268 e. The molecule has 28 heavy (non-hydrogen) atoms. The van der Waals surface area contributed by atoms with Crippen molar-refractivity contribution in [3.8, 4) is 10.9 Å². The summed E-state index contributed by atoms with van der Waals surface area (Å²) in [5.41, 5.74) is 1.52. The van der Waals surface area contributed by atoms with Gasteiger partial charge in [0.1, 0.15) is 11.4 Å². The summed E-state index contributed by atoms with van der Waals surface area (Å²) in [7, 11) is 1.63. The van der Waals surface area contributed by atoms with Crippen molar-refractivity contribution in [2.75, 3.05) is 38.3 Å². The third kappa shape index (κ3) is 4.00. The quantitative estimate of drug-likeness (QED) is 0.684. The Balaban J connectivity index is 1.44. The number of aromatic nitrogens is 3. The fraction of sp³-hybridized carbons (Fsp3) is 0.316. The Morgan fingerprint density at radius 2 is 1.93 bits per heavy atom. The summed E-state index contributed by atoms with van der Waals surface area (Å²) in [5, 5.41) is 13.0. The first kappa shape index (κ1) is 18.5. The van der Waals surface area contributed by atoms with Gasteiger partial charge in [0.15, 0.2) is 0 Å². The number of nitrogens with one attached hydrogen (secondary N) is 1. The largest absolute Gasteiger partial charge is 0.497 e. The highest BCUT2D eigenvalue weighted by atomic mass is 32.1. The van der Waals surface area contributed by atoms with E-state index in [1.807, 2.05) is 36.5 Å². The molecule has 1 saturated heterocycles.